The lowest BCUT2D eigenvalue weighted by Crippen LogP contribution is -2.33. The van der Waals surface area contributed by atoms with Crippen molar-refractivity contribution in [3.63, 3.8) is 0 Å². The van der Waals surface area contributed by atoms with Gasteiger partial charge in [-0.25, -0.2) is 0 Å². The molecule has 0 bridgehead atoms. The number of fused-ring (bicyclic) bond motifs is 1. The fourth-order valence-corrected chi connectivity index (χ4v) is 4.67. The smallest absolute Gasteiger partial charge is 0.305 e. The van der Waals surface area contributed by atoms with Crippen LogP contribution in [0.2, 0.25) is 0 Å². The van der Waals surface area contributed by atoms with Crippen molar-refractivity contribution in [2.75, 3.05) is 0 Å². The number of carboxylic acids is 1. The molecule has 32 heavy (non-hydrogen) atoms. The van der Waals surface area contributed by atoms with E-state index >= 15 is 0 Å². The maximum absolute atomic E-state index is 11.3. The SMILES string of the molecule is CC1(C)CCC(C)(C)c2cc(COc3ccc(C(CC(=O)O)n4cccn4)cc3)ccc21. The van der Waals surface area contributed by atoms with Crippen LogP contribution in [-0.2, 0) is 22.2 Å². The van der Waals surface area contributed by atoms with Crippen molar-refractivity contribution < 1.29 is 14.6 Å². The summed E-state index contributed by atoms with van der Waals surface area (Å²) in [6, 6.07) is 15.9. The van der Waals surface area contributed by atoms with E-state index in [9.17, 15) is 9.90 Å². The average Bonchev–Trinajstić information content (AvgIpc) is 3.29. The van der Waals surface area contributed by atoms with Crippen LogP contribution in [0, 0.1) is 0 Å². The number of rotatable bonds is 7. The molecule has 0 amide bonds. The fraction of sp³-hybridized carbons (Fsp3) is 0.407. The number of carbonyl (C=O) groups is 1. The average molecular weight is 433 g/mol. The molecule has 1 aliphatic carbocycles. The van der Waals surface area contributed by atoms with Crippen molar-refractivity contribution in [2.24, 2.45) is 0 Å². The van der Waals surface area contributed by atoms with Crippen molar-refractivity contribution in [3.05, 3.63) is 83.2 Å². The molecule has 5 heteroatoms. The number of aliphatic carboxylic acids is 1. The molecule has 1 aliphatic rings. The summed E-state index contributed by atoms with van der Waals surface area (Å²) >= 11 is 0. The molecule has 0 saturated heterocycles. The predicted molar refractivity (Wildman–Crippen MR) is 125 cm³/mol. The molecule has 4 rings (SSSR count). The lowest BCUT2D eigenvalue weighted by atomic mass is 9.63. The highest BCUT2D eigenvalue weighted by molar-refractivity contribution is 5.68. The molecule has 0 radical (unpaired) electrons. The van der Waals surface area contributed by atoms with Crippen LogP contribution in [0.5, 0.6) is 5.75 Å². The second-order valence-corrected chi connectivity index (χ2v) is 10.1. The second-order valence-electron chi connectivity index (χ2n) is 10.1. The van der Waals surface area contributed by atoms with Gasteiger partial charge in [-0.3, -0.25) is 9.48 Å². The highest BCUT2D eigenvalue weighted by Gasteiger charge is 2.36. The predicted octanol–water partition coefficient (Wildman–Crippen LogP) is 5.88. The summed E-state index contributed by atoms with van der Waals surface area (Å²) in [4.78, 5) is 11.3. The summed E-state index contributed by atoms with van der Waals surface area (Å²) in [5.74, 6) is -0.0926. The van der Waals surface area contributed by atoms with Gasteiger partial charge >= 0.3 is 5.97 Å². The Morgan fingerprint density at radius 1 is 1.06 bits per heavy atom. The molecule has 1 atom stereocenters. The first kappa shape index (κ1) is 22.1. The van der Waals surface area contributed by atoms with Gasteiger partial charge in [-0.2, -0.15) is 5.10 Å². The lowest BCUT2D eigenvalue weighted by Gasteiger charge is -2.42. The third kappa shape index (κ3) is 4.57. The largest absolute Gasteiger partial charge is 0.489 e. The van der Waals surface area contributed by atoms with E-state index in [-0.39, 0.29) is 23.3 Å². The van der Waals surface area contributed by atoms with Crippen molar-refractivity contribution in [1.29, 1.82) is 0 Å². The standard InChI is InChI=1S/C27H32N2O3/c1-26(2)12-13-27(3,4)23-16-19(6-11-22(23)26)18-32-21-9-7-20(8-10-21)24(17-25(30)31)29-15-5-14-28-29/h5-11,14-16,24H,12-13,17-18H2,1-4H3,(H,30,31). The number of nitrogens with zero attached hydrogens (tertiary/aromatic N) is 2. The van der Waals surface area contributed by atoms with Crippen molar-refractivity contribution in [2.45, 2.75) is 70.4 Å². The fourth-order valence-electron chi connectivity index (χ4n) is 4.67. The van der Waals surface area contributed by atoms with Gasteiger partial charge in [0, 0.05) is 12.4 Å². The monoisotopic (exact) mass is 432 g/mol. The molecular formula is C27H32N2O3. The minimum absolute atomic E-state index is 0.0247. The van der Waals surface area contributed by atoms with Crippen LogP contribution in [-0.4, -0.2) is 20.9 Å². The van der Waals surface area contributed by atoms with Crippen LogP contribution in [0.15, 0.2) is 60.9 Å². The van der Waals surface area contributed by atoms with E-state index in [2.05, 4.69) is 51.0 Å². The van der Waals surface area contributed by atoms with Gasteiger partial charge in [-0.1, -0.05) is 58.0 Å². The summed E-state index contributed by atoms with van der Waals surface area (Å²) in [5.41, 5.74) is 5.32. The van der Waals surface area contributed by atoms with Gasteiger partial charge in [-0.05, 0) is 64.1 Å². The minimum atomic E-state index is -0.857. The number of hydrogen-bond acceptors (Lipinski definition) is 3. The normalized spacial score (nSPS) is 17.4. The van der Waals surface area contributed by atoms with Crippen molar-refractivity contribution in [3.8, 4) is 5.75 Å². The highest BCUT2D eigenvalue weighted by Crippen LogP contribution is 2.45. The maximum Gasteiger partial charge on any atom is 0.305 e. The van der Waals surface area contributed by atoms with Crippen LogP contribution in [0.3, 0.4) is 0 Å². The van der Waals surface area contributed by atoms with Gasteiger partial charge in [0.15, 0.2) is 0 Å². The zero-order valence-corrected chi connectivity index (χ0v) is 19.3. The molecule has 1 heterocycles. The van der Waals surface area contributed by atoms with Crippen LogP contribution in [0.25, 0.3) is 0 Å². The third-order valence-corrected chi connectivity index (χ3v) is 6.80. The number of benzene rings is 2. The Morgan fingerprint density at radius 2 is 1.75 bits per heavy atom. The van der Waals surface area contributed by atoms with Gasteiger partial charge < -0.3 is 9.84 Å². The Balaban J connectivity index is 1.49. The Morgan fingerprint density at radius 3 is 2.38 bits per heavy atom. The second kappa shape index (κ2) is 8.45. The van der Waals surface area contributed by atoms with Crippen LogP contribution in [0.1, 0.15) is 75.3 Å². The molecule has 0 spiro atoms. The number of aromatic nitrogens is 2. The molecule has 1 unspecified atom stereocenters. The summed E-state index contributed by atoms with van der Waals surface area (Å²) in [6.45, 7) is 9.83. The van der Waals surface area contributed by atoms with E-state index in [1.165, 1.54) is 29.5 Å². The first-order chi connectivity index (χ1) is 15.2. The van der Waals surface area contributed by atoms with E-state index in [1.807, 2.05) is 24.3 Å². The molecular weight excluding hydrogens is 400 g/mol. The zero-order chi connectivity index (χ0) is 22.9. The Labute approximate surface area is 190 Å². The van der Waals surface area contributed by atoms with Crippen LogP contribution in [0.4, 0.5) is 0 Å². The van der Waals surface area contributed by atoms with Gasteiger partial charge in [0.2, 0.25) is 0 Å². The summed E-state index contributed by atoms with van der Waals surface area (Å²) in [7, 11) is 0. The Kier molecular flexibility index (Phi) is 5.85. The summed E-state index contributed by atoms with van der Waals surface area (Å²) < 4.78 is 7.75. The van der Waals surface area contributed by atoms with Gasteiger partial charge in [0.05, 0.1) is 12.5 Å². The van der Waals surface area contributed by atoms with Gasteiger partial charge in [-0.15, -0.1) is 0 Å². The molecule has 1 aromatic heterocycles. The summed E-state index contributed by atoms with van der Waals surface area (Å²) in [5, 5.41) is 13.5. The molecule has 2 aromatic carbocycles. The van der Waals surface area contributed by atoms with E-state index in [1.54, 1.807) is 23.1 Å². The minimum Gasteiger partial charge on any atom is -0.489 e. The van der Waals surface area contributed by atoms with E-state index in [0.29, 0.717) is 6.61 Å². The molecule has 0 aliphatic heterocycles. The Bertz CT molecular complexity index is 1080. The molecule has 0 saturated carbocycles. The molecule has 1 N–H and O–H groups in total. The van der Waals surface area contributed by atoms with Crippen molar-refractivity contribution >= 4 is 5.97 Å². The van der Waals surface area contributed by atoms with E-state index < -0.39 is 5.97 Å². The maximum atomic E-state index is 11.3. The first-order valence-corrected chi connectivity index (χ1v) is 11.2. The lowest BCUT2D eigenvalue weighted by molar-refractivity contribution is -0.137. The zero-order valence-electron chi connectivity index (χ0n) is 19.3. The quantitative estimate of drug-likeness (QED) is 0.507. The van der Waals surface area contributed by atoms with E-state index in [0.717, 1.165) is 11.3 Å². The molecule has 0 fully saturated rings. The van der Waals surface area contributed by atoms with Crippen molar-refractivity contribution in [1.82, 2.24) is 9.78 Å². The summed E-state index contributed by atoms with van der Waals surface area (Å²) in [6.07, 6.45) is 5.82. The number of carboxylic acid groups (broad SMARTS) is 1. The van der Waals surface area contributed by atoms with E-state index in [4.69, 9.17) is 4.74 Å². The highest BCUT2D eigenvalue weighted by atomic mass is 16.5. The van der Waals surface area contributed by atoms with Crippen LogP contribution >= 0.6 is 0 Å². The first-order valence-electron chi connectivity index (χ1n) is 11.2. The Hall–Kier alpha value is -3.08. The molecule has 5 nitrogen and oxygen atoms in total. The topological polar surface area (TPSA) is 64.3 Å². The molecule has 168 valence electrons. The number of hydrogen-bond donors (Lipinski definition) is 1. The molecule has 3 aromatic rings. The van der Waals surface area contributed by atoms with Crippen LogP contribution < -0.4 is 4.74 Å². The van der Waals surface area contributed by atoms with Gasteiger partial charge in [0.1, 0.15) is 12.4 Å². The third-order valence-electron chi connectivity index (χ3n) is 6.80. The number of ether oxygens (including phenoxy) is 1. The van der Waals surface area contributed by atoms with Gasteiger partial charge in [0.25, 0.3) is 0 Å².